The van der Waals surface area contributed by atoms with E-state index in [4.69, 9.17) is 4.55 Å². The van der Waals surface area contributed by atoms with E-state index in [2.05, 4.69) is 4.72 Å². The number of nitrogens with zero attached hydrogens (tertiary/aromatic N) is 2. The van der Waals surface area contributed by atoms with Crippen LogP contribution in [0.2, 0.25) is 0 Å². The molecule has 0 radical (unpaired) electrons. The van der Waals surface area contributed by atoms with Gasteiger partial charge in [0.05, 0.1) is 22.9 Å². The number of urea groups is 1. The first-order chi connectivity index (χ1) is 19.3. The van der Waals surface area contributed by atoms with Gasteiger partial charge in [0, 0.05) is 13.0 Å². The second-order valence-electron chi connectivity index (χ2n) is 10.9. The number of hydrogen-bond acceptors (Lipinski definition) is 5. The minimum absolute atomic E-state index is 0.263. The van der Waals surface area contributed by atoms with Crippen molar-refractivity contribution in [2.45, 2.75) is 96.2 Å². The van der Waals surface area contributed by atoms with Crippen LogP contribution in [0.1, 0.15) is 77.2 Å². The minimum atomic E-state index is -5.69. The molecular formula is C26H38F5N3O6S2. The Morgan fingerprint density at radius 2 is 1.48 bits per heavy atom. The number of alkyl halides is 5. The van der Waals surface area contributed by atoms with Crippen LogP contribution in [-0.4, -0.2) is 69.7 Å². The lowest BCUT2D eigenvalue weighted by molar-refractivity contribution is -0.284. The van der Waals surface area contributed by atoms with Gasteiger partial charge in [-0.15, -0.1) is 0 Å². The Morgan fingerprint density at radius 3 is 2.02 bits per heavy atom. The summed E-state index contributed by atoms with van der Waals surface area (Å²) in [6, 6.07) is 4.17. The van der Waals surface area contributed by atoms with Gasteiger partial charge in [0.25, 0.3) is 17.2 Å². The molecule has 1 saturated heterocycles. The summed E-state index contributed by atoms with van der Waals surface area (Å²) in [5, 5.41) is 0. The Hall–Kier alpha value is -2.33. The van der Waals surface area contributed by atoms with Gasteiger partial charge in [-0.05, 0) is 63.8 Å². The quantitative estimate of drug-likeness (QED) is 0.0897. The maximum absolute atomic E-state index is 13.2. The van der Waals surface area contributed by atoms with Crippen molar-refractivity contribution < 1.29 is 48.7 Å². The minimum Gasteiger partial charge on any atom is -0.310 e. The second-order valence-corrected chi connectivity index (χ2v) is 13.9. The molecule has 9 nitrogen and oxygen atoms in total. The zero-order chi connectivity index (χ0) is 31.9. The third-order valence-electron chi connectivity index (χ3n) is 7.19. The van der Waals surface area contributed by atoms with Crippen LogP contribution in [0.3, 0.4) is 0 Å². The van der Waals surface area contributed by atoms with Crippen LogP contribution in [0, 0.1) is 6.92 Å². The number of halogens is 5. The monoisotopic (exact) mass is 647 g/mol. The van der Waals surface area contributed by atoms with Crippen LogP contribution in [-0.2, 0) is 25.9 Å². The normalized spacial score (nSPS) is 16.8. The van der Waals surface area contributed by atoms with Gasteiger partial charge >= 0.3 is 18.1 Å². The Kier molecular flexibility index (Phi) is 12.3. The Bertz CT molecular complexity index is 1240. The van der Waals surface area contributed by atoms with Gasteiger partial charge in [0.15, 0.2) is 0 Å². The predicted molar refractivity (Wildman–Crippen MR) is 150 cm³/mol. The molecule has 0 saturated carbocycles. The molecule has 0 bridgehead atoms. The molecule has 1 aromatic rings. The average molecular weight is 648 g/mol. The zero-order valence-corrected chi connectivity index (χ0v) is 25.4. The largest absolute Gasteiger partial charge is 0.453 e. The highest BCUT2D eigenvalue weighted by atomic mass is 32.2. The average Bonchev–Trinajstić information content (AvgIpc) is 3.01. The van der Waals surface area contributed by atoms with Crippen molar-refractivity contribution in [3.05, 3.63) is 23.8 Å². The molecular weight excluding hydrogens is 609 g/mol. The summed E-state index contributed by atoms with van der Waals surface area (Å²) in [6.07, 6.45) is -3.43. The SMILES string of the molecule is Cc1cc(N2C(=O)N(CCCCCCCCCS(=O)(=O)CCCC(F)(F)C(F)(F)F)C(C)(C)C2=O)ccc1NS(=O)O. The third-order valence-corrected chi connectivity index (χ3v) is 9.40. The number of nitrogens with one attached hydrogen (secondary N) is 1. The molecule has 1 aromatic carbocycles. The summed E-state index contributed by atoms with van der Waals surface area (Å²) < 4.78 is 109. The van der Waals surface area contributed by atoms with Gasteiger partial charge in [-0.2, -0.15) is 22.0 Å². The van der Waals surface area contributed by atoms with Gasteiger partial charge < -0.3 is 4.90 Å². The lowest BCUT2D eigenvalue weighted by Crippen LogP contribution is -2.44. The van der Waals surface area contributed by atoms with Crippen LogP contribution in [0.25, 0.3) is 0 Å². The summed E-state index contributed by atoms with van der Waals surface area (Å²) in [5.74, 6) is -6.26. The van der Waals surface area contributed by atoms with Crippen LogP contribution in [0.4, 0.5) is 38.1 Å². The molecule has 0 spiro atoms. The first-order valence-corrected chi connectivity index (χ1v) is 16.5. The van der Waals surface area contributed by atoms with E-state index in [1.165, 1.54) is 17.0 Å². The van der Waals surface area contributed by atoms with E-state index in [0.717, 1.165) is 30.6 Å². The molecule has 1 aliphatic heterocycles. The van der Waals surface area contributed by atoms with Crippen LogP contribution in [0.5, 0.6) is 0 Å². The molecule has 0 aromatic heterocycles. The molecule has 16 heteroatoms. The molecule has 240 valence electrons. The number of sulfone groups is 1. The van der Waals surface area contributed by atoms with Crippen LogP contribution in [0.15, 0.2) is 18.2 Å². The summed E-state index contributed by atoms with van der Waals surface area (Å²) >= 11 is -2.27. The molecule has 3 amide bonds. The topological polar surface area (TPSA) is 124 Å². The van der Waals surface area contributed by atoms with E-state index in [0.29, 0.717) is 42.7 Å². The Labute approximate surface area is 245 Å². The number of anilines is 2. The number of hydrogen-bond donors (Lipinski definition) is 2. The van der Waals surface area contributed by atoms with Crippen molar-refractivity contribution in [2.24, 2.45) is 0 Å². The van der Waals surface area contributed by atoms with Crippen molar-refractivity contribution >= 4 is 44.4 Å². The summed E-state index contributed by atoms with van der Waals surface area (Å²) in [6.45, 7) is 5.36. The Balaban J connectivity index is 1.71. The fourth-order valence-corrected chi connectivity index (χ4v) is 6.52. The molecule has 42 heavy (non-hydrogen) atoms. The fraction of sp³-hybridized carbons (Fsp3) is 0.692. The molecule has 1 heterocycles. The van der Waals surface area contributed by atoms with Crippen LogP contribution < -0.4 is 9.62 Å². The van der Waals surface area contributed by atoms with Gasteiger partial charge in [0.2, 0.25) is 0 Å². The first-order valence-electron chi connectivity index (χ1n) is 13.6. The lowest BCUT2D eigenvalue weighted by Gasteiger charge is -2.27. The van der Waals surface area contributed by atoms with E-state index in [1.807, 2.05) is 0 Å². The molecule has 1 atom stereocenters. The van der Waals surface area contributed by atoms with E-state index in [1.54, 1.807) is 26.8 Å². The number of unbranched alkanes of at least 4 members (excludes halogenated alkanes) is 6. The van der Waals surface area contributed by atoms with Crippen molar-refractivity contribution in [2.75, 3.05) is 27.7 Å². The van der Waals surface area contributed by atoms with Crippen molar-refractivity contribution in [3.63, 3.8) is 0 Å². The lowest BCUT2D eigenvalue weighted by atomic mass is 10.0. The number of aryl methyl sites for hydroxylation is 1. The number of carbonyl (C=O) groups excluding carboxylic acids is 2. The molecule has 1 unspecified atom stereocenters. The number of rotatable bonds is 17. The fourth-order valence-electron chi connectivity index (χ4n) is 4.67. The van der Waals surface area contributed by atoms with Crippen LogP contribution >= 0.6 is 0 Å². The number of carbonyl (C=O) groups is 2. The standard InChI is InChI=1S/C26H38F5N3O6S2/c1-19-18-20(12-13-21(19)32-41(37)38)34-22(35)24(2,3)33(23(34)36)15-9-7-5-4-6-8-10-16-42(39,40)17-11-14-25(27,28)26(29,30)31/h12-13,18,32H,4-11,14-17H2,1-3H3,(H,37,38). The number of amides is 3. The van der Waals surface area contributed by atoms with Crippen molar-refractivity contribution in [1.82, 2.24) is 4.90 Å². The summed E-state index contributed by atoms with van der Waals surface area (Å²) in [7, 11) is -3.71. The van der Waals surface area contributed by atoms with Gasteiger partial charge in [-0.3, -0.25) is 14.1 Å². The van der Waals surface area contributed by atoms with E-state index in [-0.39, 0.29) is 11.7 Å². The molecule has 1 aliphatic rings. The van der Waals surface area contributed by atoms with Gasteiger partial charge in [-0.1, -0.05) is 32.1 Å². The maximum Gasteiger partial charge on any atom is 0.453 e. The Morgan fingerprint density at radius 1 is 0.929 bits per heavy atom. The third kappa shape index (κ3) is 9.59. The first kappa shape index (κ1) is 35.9. The maximum atomic E-state index is 13.2. The van der Waals surface area contributed by atoms with Gasteiger partial charge in [0.1, 0.15) is 15.4 Å². The van der Waals surface area contributed by atoms with Crippen molar-refractivity contribution in [1.29, 1.82) is 0 Å². The summed E-state index contributed by atoms with van der Waals surface area (Å²) in [4.78, 5) is 28.9. The highest BCUT2D eigenvalue weighted by Gasteiger charge is 2.56. The molecule has 2 rings (SSSR count). The highest BCUT2D eigenvalue weighted by Crippen LogP contribution is 2.39. The zero-order valence-electron chi connectivity index (χ0n) is 23.8. The van der Waals surface area contributed by atoms with E-state index >= 15 is 0 Å². The number of benzene rings is 1. The number of imide groups is 1. The molecule has 0 aliphatic carbocycles. The smallest absolute Gasteiger partial charge is 0.310 e. The second kappa shape index (κ2) is 14.4. The summed E-state index contributed by atoms with van der Waals surface area (Å²) in [5.41, 5.74) is 0.259. The van der Waals surface area contributed by atoms with E-state index < -0.39 is 63.4 Å². The van der Waals surface area contributed by atoms with Gasteiger partial charge in [-0.25, -0.2) is 22.3 Å². The molecule has 2 N–H and O–H groups in total. The van der Waals surface area contributed by atoms with E-state index in [9.17, 15) is 44.2 Å². The van der Waals surface area contributed by atoms with Crippen molar-refractivity contribution in [3.8, 4) is 0 Å². The predicted octanol–water partition coefficient (Wildman–Crippen LogP) is 6.21. The molecule has 1 fully saturated rings. The highest BCUT2D eigenvalue weighted by molar-refractivity contribution is 7.91.